The Hall–Kier alpha value is -3.67. The average Bonchev–Trinajstić information content (AvgIpc) is 2.80. The van der Waals surface area contributed by atoms with Crippen molar-refractivity contribution in [1.82, 2.24) is 15.0 Å². The molecule has 2 atom stereocenters. The molecule has 32 heavy (non-hydrogen) atoms. The highest BCUT2D eigenvalue weighted by Crippen LogP contribution is 2.45. The Morgan fingerprint density at radius 3 is 2.81 bits per heavy atom. The van der Waals surface area contributed by atoms with Gasteiger partial charge in [0.25, 0.3) is 0 Å². The van der Waals surface area contributed by atoms with Gasteiger partial charge in [0.05, 0.1) is 24.3 Å². The van der Waals surface area contributed by atoms with Gasteiger partial charge in [-0.05, 0) is 37.6 Å². The van der Waals surface area contributed by atoms with E-state index in [1.807, 2.05) is 24.8 Å². The maximum atomic E-state index is 10.4. The number of rotatable bonds is 4. The minimum Gasteiger partial charge on any atom is -0.496 e. The van der Waals surface area contributed by atoms with Crippen LogP contribution in [0.3, 0.4) is 0 Å². The van der Waals surface area contributed by atoms with Crippen molar-refractivity contribution in [2.45, 2.75) is 26.0 Å². The second-order valence-corrected chi connectivity index (χ2v) is 7.83. The second-order valence-electron chi connectivity index (χ2n) is 7.42. The quantitative estimate of drug-likeness (QED) is 0.612. The molecule has 0 saturated carbocycles. The zero-order valence-corrected chi connectivity index (χ0v) is 18.5. The molecule has 2 aromatic heterocycles. The topological polar surface area (TPSA) is 121 Å². The molecule has 0 bridgehead atoms. The number of hydrogen-bond donors (Lipinski definition) is 2. The van der Waals surface area contributed by atoms with Gasteiger partial charge in [-0.25, -0.2) is 9.97 Å². The fourth-order valence-electron chi connectivity index (χ4n) is 3.95. The minimum absolute atomic E-state index is 0.220. The molecule has 3 N–H and O–H groups in total. The van der Waals surface area contributed by atoms with Crippen LogP contribution in [-0.4, -0.2) is 27.2 Å². The van der Waals surface area contributed by atoms with Gasteiger partial charge in [-0.3, -0.25) is 4.98 Å². The number of nitriles is 1. The van der Waals surface area contributed by atoms with E-state index in [1.54, 1.807) is 31.6 Å². The molecule has 3 heterocycles. The van der Waals surface area contributed by atoms with Crippen LogP contribution in [0.25, 0.3) is 11.1 Å². The lowest BCUT2D eigenvalue weighted by molar-refractivity contribution is 0.226. The van der Waals surface area contributed by atoms with Crippen molar-refractivity contribution in [2.75, 3.05) is 17.7 Å². The van der Waals surface area contributed by atoms with Crippen molar-refractivity contribution in [3.63, 3.8) is 0 Å². The molecule has 0 saturated heterocycles. The molecule has 1 aliphatic rings. The Morgan fingerprint density at radius 2 is 2.09 bits per heavy atom. The fraction of sp³-hybridized carbons (Fsp3) is 0.217. The number of methoxy groups -OCH3 is 1. The molecule has 1 aromatic carbocycles. The molecule has 4 rings (SSSR count). The van der Waals surface area contributed by atoms with E-state index in [-0.39, 0.29) is 11.9 Å². The summed E-state index contributed by atoms with van der Waals surface area (Å²) in [4.78, 5) is 14.4. The number of halogens is 1. The van der Waals surface area contributed by atoms with Gasteiger partial charge < -0.3 is 20.5 Å². The maximum Gasteiger partial charge on any atom is 0.144 e. The number of nitrogens with two attached hydrogens (primary N) is 1. The second kappa shape index (κ2) is 8.46. The largest absolute Gasteiger partial charge is 0.496 e. The van der Waals surface area contributed by atoms with Crippen LogP contribution < -0.4 is 15.4 Å². The number of aliphatic hydroxyl groups excluding tert-OH is 1. The van der Waals surface area contributed by atoms with Gasteiger partial charge in [-0.2, -0.15) is 5.26 Å². The molecule has 0 radical (unpaired) electrons. The zero-order chi connectivity index (χ0) is 23.0. The van der Waals surface area contributed by atoms with Crippen LogP contribution in [0, 0.1) is 18.3 Å². The number of anilines is 2. The first-order chi connectivity index (χ1) is 15.4. The normalized spacial score (nSPS) is 15.8. The highest BCUT2D eigenvalue weighted by Gasteiger charge is 2.30. The Kier molecular flexibility index (Phi) is 5.70. The first-order valence-electron chi connectivity index (χ1n) is 9.85. The number of hydrogen-bond acceptors (Lipinski definition) is 8. The minimum atomic E-state index is -0.895. The van der Waals surface area contributed by atoms with Crippen molar-refractivity contribution >= 4 is 23.2 Å². The number of aliphatic hydroxyl groups is 1. The number of nitrogen functional groups attached to an aromatic ring is 1. The van der Waals surface area contributed by atoms with Gasteiger partial charge in [0.15, 0.2) is 0 Å². The van der Waals surface area contributed by atoms with E-state index in [4.69, 9.17) is 22.1 Å². The van der Waals surface area contributed by atoms with Crippen LogP contribution in [0.2, 0.25) is 5.02 Å². The van der Waals surface area contributed by atoms with Crippen molar-refractivity contribution < 1.29 is 9.84 Å². The van der Waals surface area contributed by atoms with Gasteiger partial charge in [-0.1, -0.05) is 11.6 Å². The summed E-state index contributed by atoms with van der Waals surface area (Å²) in [6.07, 6.45) is 7.04. The number of nitrogens with zero attached hydrogens (tertiary/aromatic N) is 5. The number of aromatic nitrogens is 3. The monoisotopic (exact) mass is 448 g/mol. The summed E-state index contributed by atoms with van der Waals surface area (Å²) in [5.74, 6) is 1.34. The number of benzene rings is 1. The third-order valence-corrected chi connectivity index (χ3v) is 5.99. The Balaban J connectivity index is 1.90. The highest BCUT2D eigenvalue weighted by molar-refractivity contribution is 6.32. The van der Waals surface area contributed by atoms with Gasteiger partial charge in [-0.15, -0.1) is 0 Å². The third-order valence-electron chi connectivity index (χ3n) is 5.60. The van der Waals surface area contributed by atoms with Gasteiger partial charge in [0.2, 0.25) is 0 Å². The summed E-state index contributed by atoms with van der Waals surface area (Å²) in [7, 11) is 1.59. The van der Waals surface area contributed by atoms with Crippen molar-refractivity contribution in [3.05, 3.63) is 70.4 Å². The van der Waals surface area contributed by atoms with E-state index < -0.39 is 6.10 Å². The third kappa shape index (κ3) is 3.51. The molecule has 9 heteroatoms. The standard InChI is InChI=1S/C23H21ClN6O2/c1-12-17(24)7-16(21(32-3)19(12)15-6-14(8-25)9-27-10-15)13(2)30-5-4-18(31)20-22(26)28-11-29-23(20)30/h4-7,9-11,13,18,31H,1-3H3,(H2,26,28,29). The van der Waals surface area contributed by atoms with Crippen LogP contribution in [0.15, 0.2) is 43.1 Å². The molecule has 8 nitrogen and oxygen atoms in total. The van der Waals surface area contributed by atoms with E-state index >= 15 is 0 Å². The van der Waals surface area contributed by atoms with E-state index in [0.29, 0.717) is 27.7 Å². The van der Waals surface area contributed by atoms with Crippen LogP contribution in [-0.2, 0) is 0 Å². The van der Waals surface area contributed by atoms with Crippen molar-refractivity contribution in [3.8, 4) is 22.9 Å². The molecule has 162 valence electrons. The lowest BCUT2D eigenvalue weighted by atomic mass is 9.93. The summed E-state index contributed by atoms with van der Waals surface area (Å²) in [6, 6.07) is 5.44. The molecule has 0 aliphatic carbocycles. The fourth-order valence-corrected chi connectivity index (χ4v) is 4.16. The predicted molar refractivity (Wildman–Crippen MR) is 122 cm³/mol. The van der Waals surface area contributed by atoms with Crippen molar-refractivity contribution in [1.29, 1.82) is 5.26 Å². The summed E-state index contributed by atoms with van der Waals surface area (Å²) in [6.45, 7) is 3.87. The van der Waals surface area contributed by atoms with Crippen LogP contribution in [0.5, 0.6) is 5.75 Å². The SMILES string of the molecule is COc1c(C(C)N2C=CC(O)c3c(N)ncnc32)cc(Cl)c(C)c1-c1cncc(C#N)c1. The highest BCUT2D eigenvalue weighted by atomic mass is 35.5. The Morgan fingerprint density at radius 1 is 1.31 bits per heavy atom. The van der Waals surface area contributed by atoms with Gasteiger partial charge in [0, 0.05) is 40.3 Å². The van der Waals surface area contributed by atoms with E-state index in [1.165, 1.54) is 12.5 Å². The Labute approximate surface area is 190 Å². The lowest BCUT2D eigenvalue weighted by Gasteiger charge is -2.34. The van der Waals surface area contributed by atoms with E-state index in [0.717, 1.165) is 22.3 Å². The molecule has 0 amide bonds. The maximum absolute atomic E-state index is 10.4. The molecule has 3 aromatic rings. The first-order valence-corrected chi connectivity index (χ1v) is 10.2. The molecule has 1 aliphatic heterocycles. The summed E-state index contributed by atoms with van der Waals surface area (Å²) in [5, 5.41) is 20.2. The summed E-state index contributed by atoms with van der Waals surface area (Å²) >= 11 is 6.64. The van der Waals surface area contributed by atoms with Crippen LogP contribution in [0.1, 0.15) is 41.3 Å². The molecule has 2 unspecified atom stereocenters. The van der Waals surface area contributed by atoms with E-state index in [9.17, 15) is 10.4 Å². The smallest absolute Gasteiger partial charge is 0.144 e. The summed E-state index contributed by atoms with van der Waals surface area (Å²) < 4.78 is 5.86. The first kappa shape index (κ1) is 21.6. The number of ether oxygens (including phenoxy) is 1. The van der Waals surface area contributed by atoms with Crippen molar-refractivity contribution in [2.24, 2.45) is 0 Å². The molecule has 0 fully saturated rings. The molecular formula is C23H21ClN6O2. The number of fused-ring (bicyclic) bond motifs is 1. The van der Waals surface area contributed by atoms with Gasteiger partial charge in [0.1, 0.15) is 35.9 Å². The number of pyridine rings is 1. The van der Waals surface area contributed by atoms with Crippen LogP contribution >= 0.6 is 11.6 Å². The van der Waals surface area contributed by atoms with Gasteiger partial charge >= 0.3 is 0 Å². The lowest BCUT2D eigenvalue weighted by Crippen LogP contribution is -2.27. The zero-order valence-electron chi connectivity index (χ0n) is 17.7. The summed E-state index contributed by atoms with van der Waals surface area (Å²) in [5.41, 5.74) is 9.99. The average molecular weight is 449 g/mol. The Bertz CT molecular complexity index is 1270. The van der Waals surface area contributed by atoms with E-state index in [2.05, 4.69) is 21.0 Å². The molecule has 0 spiro atoms. The van der Waals surface area contributed by atoms with Crippen LogP contribution in [0.4, 0.5) is 11.6 Å². The molecular weight excluding hydrogens is 428 g/mol. The predicted octanol–water partition coefficient (Wildman–Crippen LogP) is 4.09.